The number of quaternary nitrogens is 1. The number of likely N-dealkylation sites (tertiary alicyclic amines) is 1. The van der Waals surface area contributed by atoms with Gasteiger partial charge >= 0.3 is 7.82 Å². The predicted molar refractivity (Wildman–Crippen MR) is 170 cm³/mol. The number of hydrogen-bond donors (Lipinski definition) is 0. The SMILES string of the molecule is CCCCCCCCCCCCCCCCOCC(COP(=O)([O-])OC=C1CCCC[N+]1(C)C)OCc1ccccc1. The van der Waals surface area contributed by atoms with Crippen molar-refractivity contribution in [2.75, 3.05) is 40.5 Å². The third-order valence-corrected chi connectivity index (χ3v) is 9.02. The molecular weight excluding hydrogens is 549 g/mol. The highest BCUT2D eigenvalue weighted by Crippen LogP contribution is 2.40. The molecule has 42 heavy (non-hydrogen) atoms. The van der Waals surface area contributed by atoms with E-state index >= 15 is 0 Å². The zero-order valence-electron chi connectivity index (χ0n) is 26.9. The van der Waals surface area contributed by atoms with E-state index in [2.05, 4.69) is 21.0 Å². The molecule has 242 valence electrons. The van der Waals surface area contributed by atoms with Crippen molar-refractivity contribution in [2.45, 2.75) is 129 Å². The van der Waals surface area contributed by atoms with Crippen molar-refractivity contribution in [3.8, 4) is 0 Å². The molecule has 2 unspecified atom stereocenters. The van der Waals surface area contributed by atoms with Crippen molar-refractivity contribution in [1.82, 2.24) is 0 Å². The van der Waals surface area contributed by atoms with E-state index in [9.17, 15) is 9.46 Å². The molecule has 1 aromatic carbocycles. The van der Waals surface area contributed by atoms with E-state index < -0.39 is 13.9 Å². The highest BCUT2D eigenvalue weighted by molar-refractivity contribution is 7.46. The Morgan fingerprint density at radius 1 is 0.857 bits per heavy atom. The van der Waals surface area contributed by atoms with Crippen LogP contribution in [0.15, 0.2) is 42.3 Å². The fraction of sp³-hybridized carbons (Fsp3) is 0.765. The zero-order valence-corrected chi connectivity index (χ0v) is 27.8. The van der Waals surface area contributed by atoms with E-state index in [4.69, 9.17) is 18.5 Å². The van der Waals surface area contributed by atoms with Crippen molar-refractivity contribution < 1.29 is 32.5 Å². The van der Waals surface area contributed by atoms with Gasteiger partial charge in [0.25, 0.3) is 0 Å². The smallest absolute Gasteiger partial charge is 0.319 e. The second-order valence-electron chi connectivity index (χ2n) is 12.4. The number of hydrogen-bond acceptors (Lipinski definition) is 6. The van der Waals surface area contributed by atoms with Crippen LogP contribution < -0.4 is 4.89 Å². The number of allylic oxidation sites excluding steroid dienone is 1. The Kier molecular flexibility index (Phi) is 19.7. The maximum atomic E-state index is 12.5. The highest BCUT2D eigenvalue weighted by Gasteiger charge is 2.27. The van der Waals surface area contributed by atoms with Crippen LogP contribution in [0.2, 0.25) is 0 Å². The first-order valence-electron chi connectivity index (χ1n) is 16.7. The maximum Gasteiger partial charge on any atom is 0.319 e. The molecule has 7 nitrogen and oxygen atoms in total. The Morgan fingerprint density at radius 2 is 1.45 bits per heavy atom. The zero-order chi connectivity index (χ0) is 30.4. The summed E-state index contributed by atoms with van der Waals surface area (Å²) in [5, 5.41) is 0. The Morgan fingerprint density at radius 3 is 2.05 bits per heavy atom. The fourth-order valence-corrected chi connectivity index (χ4v) is 6.00. The van der Waals surface area contributed by atoms with E-state index in [0.717, 1.165) is 49.9 Å². The van der Waals surface area contributed by atoms with Gasteiger partial charge in [-0.3, -0.25) is 9.05 Å². The molecule has 0 N–H and O–H groups in total. The van der Waals surface area contributed by atoms with E-state index in [-0.39, 0.29) is 13.2 Å². The second-order valence-corrected chi connectivity index (χ2v) is 13.8. The van der Waals surface area contributed by atoms with Crippen molar-refractivity contribution in [1.29, 1.82) is 0 Å². The first-order valence-corrected chi connectivity index (χ1v) is 18.2. The van der Waals surface area contributed by atoms with Crippen LogP contribution in [-0.4, -0.2) is 51.0 Å². The van der Waals surface area contributed by atoms with Gasteiger partial charge in [0.05, 0.1) is 40.5 Å². The normalized spacial score (nSPS) is 18.1. The predicted octanol–water partition coefficient (Wildman–Crippen LogP) is 8.67. The molecule has 2 atom stereocenters. The molecule has 1 aliphatic heterocycles. The van der Waals surface area contributed by atoms with E-state index in [1.165, 1.54) is 83.3 Å². The first kappa shape index (κ1) is 37.0. The minimum Gasteiger partial charge on any atom is -0.746 e. The van der Waals surface area contributed by atoms with Crippen LogP contribution in [-0.2, 0) is 29.7 Å². The minimum absolute atomic E-state index is 0.145. The van der Waals surface area contributed by atoms with Crippen LogP contribution in [0, 0.1) is 0 Å². The molecule has 1 aromatic rings. The number of benzene rings is 1. The van der Waals surface area contributed by atoms with Crippen LogP contribution in [0.3, 0.4) is 0 Å². The van der Waals surface area contributed by atoms with Crippen molar-refractivity contribution >= 4 is 7.82 Å². The van der Waals surface area contributed by atoms with Gasteiger partial charge in [-0.15, -0.1) is 0 Å². The molecule has 0 aliphatic carbocycles. The molecule has 1 fully saturated rings. The lowest BCUT2D eigenvalue weighted by molar-refractivity contribution is -0.858. The quantitative estimate of drug-likeness (QED) is 0.0478. The van der Waals surface area contributed by atoms with Gasteiger partial charge in [0, 0.05) is 13.0 Å². The molecule has 0 bridgehead atoms. The van der Waals surface area contributed by atoms with Gasteiger partial charge in [0.15, 0.2) is 0 Å². The Hall–Kier alpha value is -1.21. The standard InChI is InChI=1S/C34H60NO6P/c1-4-5-6-7-8-9-10-11-12-13-14-15-16-22-27-38-30-34(39-28-32-23-18-17-19-24-32)31-41-42(36,37)40-29-33-25-20-21-26-35(33,2)3/h17-19,23-24,29,34H,4-16,20-22,25-28,30-31H2,1-3H3. The van der Waals surface area contributed by atoms with Crippen LogP contribution in [0.5, 0.6) is 0 Å². The van der Waals surface area contributed by atoms with Gasteiger partial charge in [-0.1, -0.05) is 121 Å². The lowest BCUT2D eigenvalue weighted by Gasteiger charge is -2.35. The summed E-state index contributed by atoms with van der Waals surface area (Å²) in [6.45, 7) is 4.35. The largest absolute Gasteiger partial charge is 0.746 e. The molecule has 1 heterocycles. The van der Waals surface area contributed by atoms with Gasteiger partial charge in [0.1, 0.15) is 18.1 Å². The lowest BCUT2D eigenvalue weighted by atomic mass is 10.0. The summed E-state index contributed by atoms with van der Waals surface area (Å²) < 4.78 is 35.4. The van der Waals surface area contributed by atoms with Gasteiger partial charge < -0.3 is 23.4 Å². The maximum absolute atomic E-state index is 12.5. The number of nitrogens with zero attached hydrogens (tertiary/aromatic N) is 1. The Bertz CT molecular complexity index is 878. The Labute approximate surface area is 257 Å². The van der Waals surface area contributed by atoms with Crippen LogP contribution in [0.1, 0.15) is 122 Å². The van der Waals surface area contributed by atoms with E-state index in [0.29, 0.717) is 17.7 Å². The molecule has 0 spiro atoms. The summed E-state index contributed by atoms with van der Waals surface area (Å²) in [5.41, 5.74) is 1.97. The second kappa shape index (κ2) is 22.3. The topological polar surface area (TPSA) is 77.1 Å². The summed E-state index contributed by atoms with van der Waals surface area (Å²) in [6, 6.07) is 9.82. The summed E-state index contributed by atoms with van der Waals surface area (Å²) >= 11 is 0. The average Bonchev–Trinajstić information content (AvgIpc) is 2.97. The number of phosphoric acid groups is 1. The van der Waals surface area contributed by atoms with Crippen molar-refractivity contribution in [3.05, 3.63) is 47.9 Å². The molecule has 2 rings (SSSR count). The number of unbranched alkanes of at least 4 members (excludes halogenated alkanes) is 13. The van der Waals surface area contributed by atoms with E-state index in [1.807, 2.05) is 30.3 Å². The first-order chi connectivity index (χ1) is 20.3. The average molecular weight is 610 g/mol. The van der Waals surface area contributed by atoms with Crippen molar-refractivity contribution in [2.24, 2.45) is 0 Å². The summed E-state index contributed by atoms with van der Waals surface area (Å²) in [4.78, 5) is 12.5. The molecular formula is C34H60NO6P. The monoisotopic (exact) mass is 609 g/mol. The van der Waals surface area contributed by atoms with Crippen LogP contribution in [0.25, 0.3) is 0 Å². The van der Waals surface area contributed by atoms with Gasteiger partial charge in [-0.2, -0.15) is 0 Å². The summed E-state index contributed by atoms with van der Waals surface area (Å²) in [7, 11) is -0.387. The molecule has 0 saturated carbocycles. The third kappa shape index (κ3) is 17.8. The number of ether oxygens (including phenoxy) is 2. The summed E-state index contributed by atoms with van der Waals surface area (Å²) in [5.74, 6) is 0. The molecule has 1 saturated heterocycles. The third-order valence-electron chi connectivity index (χ3n) is 8.19. The van der Waals surface area contributed by atoms with Gasteiger partial charge in [-0.05, 0) is 24.8 Å². The van der Waals surface area contributed by atoms with Crippen LogP contribution in [0.4, 0.5) is 0 Å². The molecule has 8 heteroatoms. The number of piperidine rings is 1. The van der Waals surface area contributed by atoms with Crippen molar-refractivity contribution in [3.63, 3.8) is 0 Å². The minimum atomic E-state index is -4.51. The highest BCUT2D eigenvalue weighted by atomic mass is 31.2. The number of rotatable bonds is 25. The molecule has 0 amide bonds. The van der Waals surface area contributed by atoms with E-state index in [1.54, 1.807) is 0 Å². The Balaban J connectivity index is 1.62. The molecule has 1 aliphatic rings. The van der Waals surface area contributed by atoms with Gasteiger partial charge in [0.2, 0.25) is 0 Å². The van der Waals surface area contributed by atoms with Crippen LogP contribution >= 0.6 is 7.82 Å². The number of phosphoric ester groups is 1. The summed E-state index contributed by atoms with van der Waals surface area (Å²) in [6.07, 6.45) is 22.3. The fourth-order valence-electron chi connectivity index (χ4n) is 5.34. The molecule has 0 radical (unpaired) electrons. The molecule has 0 aromatic heterocycles. The lowest BCUT2D eigenvalue weighted by Crippen LogP contribution is -2.42. The van der Waals surface area contributed by atoms with Gasteiger partial charge in [-0.25, -0.2) is 0 Å².